The molecule has 0 aliphatic rings. The van der Waals surface area contributed by atoms with Crippen LogP contribution in [-0.2, 0) is 20.0 Å². The Morgan fingerprint density at radius 2 is 2.11 bits per heavy atom. The topological polar surface area (TPSA) is 47.7 Å². The average molecular weight is 247 g/mol. The van der Waals surface area contributed by atoms with Crippen LogP contribution in [0.5, 0.6) is 0 Å². The van der Waals surface area contributed by atoms with Gasteiger partial charge in [0.15, 0.2) is 0 Å². The van der Waals surface area contributed by atoms with Crippen molar-refractivity contribution in [3.63, 3.8) is 0 Å². The molecular weight excluding hydrogens is 226 g/mol. The normalized spacial score (nSPS) is 12.8. The van der Waals surface area contributed by atoms with Gasteiger partial charge in [0, 0.05) is 37.6 Å². The van der Waals surface area contributed by atoms with Gasteiger partial charge in [-0.25, -0.2) is 0 Å². The molecule has 5 heteroatoms. The Hall–Kier alpha value is -1.62. The second-order valence-corrected chi connectivity index (χ2v) is 4.58. The van der Waals surface area contributed by atoms with E-state index in [1.807, 2.05) is 28.8 Å². The summed E-state index contributed by atoms with van der Waals surface area (Å²) in [5.41, 5.74) is 2.50. The molecule has 0 saturated heterocycles. The second kappa shape index (κ2) is 5.82. The highest BCUT2D eigenvalue weighted by Crippen LogP contribution is 2.10. The molecule has 0 bridgehead atoms. The Labute approximate surface area is 108 Å². The lowest BCUT2D eigenvalue weighted by Gasteiger charge is -2.11. The summed E-state index contributed by atoms with van der Waals surface area (Å²) in [6.45, 7) is 6.13. The molecule has 0 radical (unpaired) electrons. The van der Waals surface area contributed by atoms with Crippen molar-refractivity contribution in [1.29, 1.82) is 0 Å². The Kier molecular flexibility index (Phi) is 4.15. The van der Waals surface area contributed by atoms with Gasteiger partial charge in [0.1, 0.15) is 0 Å². The molecule has 2 aromatic heterocycles. The van der Waals surface area contributed by atoms with E-state index in [1.165, 1.54) is 11.1 Å². The Morgan fingerprint density at radius 3 is 2.72 bits per heavy atom. The second-order valence-electron chi connectivity index (χ2n) is 4.58. The van der Waals surface area contributed by atoms with Gasteiger partial charge >= 0.3 is 0 Å². The van der Waals surface area contributed by atoms with Crippen LogP contribution in [0, 0.1) is 0 Å². The van der Waals surface area contributed by atoms with Crippen LogP contribution in [0.25, 0.3) is 0 Å². The molecule has 0 aromatic carbocycles. The van der Waals surface area contributed by atoms with Gasteiger partial charge in [-0.1, -0.05) is 0 Å². The Morgan fingerprint density at radius 1 is 1.28 bits per heavy atom. The van der Waals surface area contributed by atoms with Gasteiger partial charge in [-0.2, -0.15) is 10.2 Å². The predicted octanol–water partition coefficient (Wildman–Crippen LogP) is 1.53. The monoisotopic (exact) mass is 247 g/mol. The van der Waals surface area contributed by atoms with Crippen LogP contribution < -0.4 is 5.32 Å². The van der Waals surface area contributed by atoms with Crippen LogP contribution in [0.1, 0.15) is 31.0 Å². The summed E-state index contributed by atoms with van der Waals surface area (Å²) >= 11 is 0. The minimum absolute atomic E-state index is 0.335. The van der Waals surface area contributed by atoms with Crippen LogP contribution in [0.15, 0.2) is 24.8 Å². The van der Waals surface area contributed by atoms with E-state index in [2.05, 4.69) is 41.8 Å². The van der Waals surface area contributed by atoms with E-state index in [0.29, 0.717) is 6.04 Å². The van der Waals surface area contributed by atoms with E-state index in [-0.39, 0.29) is 0 Å². The molecule has 1 N–H and O–H groups in total. The lowest BCUT2D eigenvalue weighted by atomic mass is 10.2. The van der Waals surface area contributed by atoms with Crippen molar-refractivity contribution in [2.75, 3.05) is 6.54 Å². The quantitative estimate of drug-likeness (QED) is 0.842. The number of hydrogen-bond donors (Lipinski definition) is 1. The fraction of sp³-hybridized carbons (Fsp3) is 0.538. The molecule has 2 heterocycles. The lowest BCUT2D eigenvalue weighted by Crippen LogP contribution is -2.20. The standard InChI is InChI=1S/C13H21N5/c1-4-18-10-13(8-16-18)11(2)14-6-5-12-7-15-17(3)9-12/h7-11,14H,4-6H2,1-3H3. The summed E-state index contributed by atoms with van der Waals surface area (Å²) in [5, 5.41) is 12.0. The molecule has 0 aliphatic carbocycles. The van der Waals surface area contributed by atoms with Crippen LogP contribution >= 0.6 is 0 Å². The zero-order valence-corrected chi connectivity index (χ0v) is 11.3. The summed E-state index contributed by atoms with van der Waals surface area (Å²) in [7, 11) is 1.94. The van der Waals surface area contributed by atoms with Crippen molar-refractivity contribution in [2.24, 2.45) is 7.05 Å². The van der Waals surface area contributed by atoms with E-state index >= 15 is 0 Å². The Balaban J connectivity index is 1.79. The van der Waals surface area contributed by atoms with E-state index in [9.17, 15) is 0 Å². The summed E-state index contributed by atoms with van der Waals surface area (Å²) in [5.74, 6) is 0. The van der Waals surface area contributed by atoms with Gasteiger partial charge in [0.05, 0.1) is 12.4 Å². The van der Waals surface area contributed by atoms with E-state index in [1.54, 1.807) is 0 Å². The number of aryl methyl sites for hydroxylation is 2. The van der Waals surface area contributed by atoms with E-state index in [0.717, 1.165) is 19.5 Å². The number of rotatable bonds is 6. The minimum atomic E-state index is 0.335. The van der Waals surface area contributed by atoms with Crippen LogP contribution in [-0.4, -0.2) is 26.1 Å². The molecule has 5 nitrogen and oxygen atoms in total. The zero-order valence-electron chi connectivity index (χ0n) is 11.3. The highest BCUT2D eigenvalue weighted by molar-refractivity contribution is 5.10. The van der Waals surface area contributed by atoms with Crippen molar-refractivity contribution in [3.05, 3.63) is 35.9 Å². The first-order chi connectivity index (χ1) is 8.69. The molecule has 0 spiro atoms. The molecule has 2 aromatic rings. The largest absolute Gasteiger partial charge is 0.310 e. The maximum atomic E-state index is 4.29. The van der Waals surface area contributed by atoms with Gasteiger partial charge < -0.3 is 5.32 Å². The maximum absolute atomic E-state index is 4.29. The highest BCUT2D eigenvalue weighted by Gasteiger charge is 2.07. The van der Waals surface area contributed by atoms with Gasteiger partial charge in [0.25, 0.3) is 0 Å². The molecule has 98 valence electrons. The van der Waals surface area contributed by atoms with Crippen molar-refractivity contribution in [3.8, 4) is 0 Å². The smallest absolute Gasteiger partial charge is 0.0537 e. The molecule has 1 unspecified atom stereocenters. The van der Waals surface area contributed by atoms with Crippen molar-refractivity contribution >= 4 is 0 Å². The number of aromatic nitrogens is 4. The summed E-state index contributed by atoms with van der Waals surface area (Å²) in [6, 6.07) is 0.335. The first-order valence-corrected chi connectivity index (χ1v) is 6.42. The number of nitrogens with one attached hydrogen (secondary N) is 1. The summed E-state index contributed by atoms with van der Waals surface area (Å²) < 4.78 is 3.79. The molecule has 2 rings (SSSR count). The summed E-state index contributed by atoms with van der Waals surface area (Å²) in [6.07, 6.45) is 9.01. The van der Waals surface area contributed by atoms with Crippen LogP contribution in [0.4, 0.5) is 0 Å². The van der Waals surface area contributed by atoms with Gasteiger partial charge in [-0.05, 0) is 32.4 Å². The van der Waals surface area contributed by atoms with Crippen molar-refractivity contribution in [2.45, 2.75) is 32.9 Å². The molecule has 0 amide bonds. The maximum Gasteiger partial charge on any atom is 0.0537 e. The molecule has 18 heavy (non-hydrogen) atoms. The Bertz CT molecular complexity index is 485. The summed E-state index contributed by atoms with van der Waals surface area (Å²) in [4.78, 5) is 0. The molecule has 0 saturated carbocycles. The lowest BCUT2D eigenvalue weighted by molar-refractivity contribution is 0.575. The molecule has 1 atom stereocenters. The predicted molar refractivity (Wildman–Crippen MR) is 71.2 cm³/mol. The van der Waals surface area contributed by atoms with Gasteiger partial charge in [-0.3, -0.25) is 9.36 Å². The third-order valence-electron chi connectivity index (χ3n) is 3.10. The third kappa shape index (κ3) is 3.20. The SMILES string of the molecule is CCn1cc(C(C)NCCc2cnn(C)c2)cn1. The third-order valence-corrected chi connectivity index (χ3v) is 3.10. The molecular formula is C13H21N5. The van der Waals surface area contributed by atoms with Crippen molar-refractivity contribution in [1.82, 2.24) is 24.9 Å². The van der Waals surface area contributed by atoms with E-state index < -0.39 is 0 Å². The fourth-order valence-electron chi connectivity index (χ4n) is 1.93. The highest BCUT2D eigenvalue weighted by atomic mass is 15.3. The van der Waals surface area contributed by atoms with E-state index in [4.69, 9.17) is 0 Å². The minimum Gasteiger partial charge on any atom is -0.310 e. The van der Waals surface area contributed by atoms with Crippen molar-refractivity contribution < 1.29 is 0 Å². The van der Waals surface area contributed by atoms with Crippen LogP contribution in [0.3, 0.4) is 0 Å². The zero-order chi connectivity index (χ0) is 13.0. The number of hydrogen-bond acceptors (Lipinski definition) is 3. The van der Waals surface area contributed by atoms with Gasteiger partial charge in [-0.15, -0.1) is 0 Å². The first-order valence-electron chi connectivity index (χ1n) is 6.42. The van der Waals surface area contributed by atoms with Crippen LogP contribution in [0.2, 0.25) is 0 Å². The fourth-order valence-corrected chi connectivity index (χ4v) is 1.93. The first kappa shape index (κ1) is 12.8. The molecule has 0 aliphatic heterocycles. The number of nitrogens with zero attached hydrogens (tertiary/aromatic N) is 4. The average Bonchev–Trinajstić information content (AvgIpc) is 2.98. The molecule has 0 fully saturated rings. The van der Waals surface area contributed by atoms with Gasteiger partial charge in [0.2, 0.25) is 0 Å².